The van der Waals surface area contributed by atoms with Crippen LogP contribution in [0.5, 0.6) is 0 Å². The number of H-pyrrole nitrogens is 1. The molecule has 0 saturated carbocycles. The number of carbonyl (C=O) groups is 2. The lowest BCUT2D eigenvalue weighted by atomic mass is 10.1. The second kappa shape index (κ2) is 7.57. The Morgan fingerprint density at radius 1 is 1.17 bits per heavy atom. The lowest BCUT2D eigenvalue weighted by Gasteiger charge is -2.08. The zero-order chi connectivity index (χ0) is 17.9. The minimum atomic E-state index is -0.417. The molecule has 5 nitrogen and oxygen atoms in total. The SMILES string of the molecule is CSc1ccc(NC(=O)c2[nH]c(C)c(C(=O)OC(C)C)c2C)cc1. The summed E-state index contributed by atoms with van der Waals surface area (Å²) in [5.41, 5.74) is 2.72. The Morgan fingerprint density at radius 3 is 2.33 bits per heavy atom. The average Bonchev–Trinajstić information content (AvgIpc) is 2.82. The molecule has 1 amide bonds. The molecule has 0 atom stereocenters. The fourth-order valence-electron chi connectivity index (χ4n) is 2.42. The highest BCUT2D eigenvalue weighted by Crippen LogP contribution is 2.22. The molecule has 1 aromatic heterocycles. The molecular formula is C18H22N2O3S. The number of thioether (sulfide) groups is 1. The number of benzene rings is 1. The molecule has 0 saturated heterocycles. The summed E-state index contributed by atoms with van der Waals surface area (Å²) in [4.78, 5) is 28.8. The van der Waals surface area contributed by atoms with Crippen molar-refractivity contribution in [3.05, 3.63) is 46.8 Å². The molecule has 0 fully saturated rings. The molecule has 2 rings (SSSR count). The van der Waals surface area contributed by atoms with Crippen LogP contribution in [0.15, 0.2) is 29.2 Å². The van der Waals surface area contributed by atoms with Crippen molar-refractivity contribution in [3.8, 4) is 0 Å². The van der Waals surface area contributed by atoms with Crippen molar-refractivity contribution < 1.29 is 14.3 Å². The topological polar surface area (TPSA) is 71.2 Å². The molecule has 1 aromatic carbocycles. The molecule has 0 bridgehead atoms. The molecule has 2 N–H and O–H groups in total. The van der Waals surface area contributed by atoms with E-state index >= 15 is 0 Å². The van der Waals surface area contributed by atoms with E-state index in [0.717, 1.165) is 4.90 Å². The predicted octanol–water partition coefficient (Wildman–Crippen LogP) is 4.17. The maximum absolute atomic E-state index is 12.5. The van der Waals surface area contributed by atoms with E-state index in [1.807, 2.05) is 30.5 Å². The van der Waals surface area contributed by atoms with E-state index in [-0.39, 0.29) is 12.0 Å². The fourth-order valence-corrected chi connectivity index (χ4v) is 2.83. The number of aromatic amines is 1. The third kappa shape index (κ3) is 4.00. The summed E-state index contributed by atoms with van der Waals surface area (Å²) in [6, 6.07) is 7.59. The van der Waals surface area contributed by atoms with E-state index in [4.69, 9.17) is 4.74 Å². The van der Waals surface area contributed by atoms with Crippen molar-refractivity contribution in [1.82, 2.24) is 4.98 Å². The lowest BCUT2D eigenvalue weighted by Crippen LogP contribution is -2.15. The summed E-state index contributed by atoms with van der Waals surface area (Å²) in [6.45, 7) is 7.09. The molecule has 0 unspecified atom stereocenters. The summed E-state index contributed by atoms with van der Waals surface area (Å²) >= 11 is 1.64. The summed E-state index contributed by atoms with van der Waals surface area (Å²) in [5, 5.41) is 2.84. The van der Waals surface area contributed by atoms with Gasteiger partial charge in [0.1, 0.15) is 5.69 Å². The molecular weight excluding hydrogens is 324 g/mol. The Balaban J connectivity index is 2.22. The zero-order valence-corrected chi connectivity index (χ0v) is 15.3. The van der Waals surface area contributed by atoms with Crippen LogP contribution < -0.4 is 5.32 Å². The van der Waals surface area contributed by atoms with Crippen molar-refractivity contribution in [1.29, 1.82) is 0 Å². The van der Waals surface area contributed by atoms with Crippen LogP contribution in [-0.2, 0) is 4.74 Å². The third-order valence-corrected chi connectivity index (χ3v) is 4.30. The number of aromatic nitrogens is 1. The van der Waals surface area contributed by atoms with Gasteiger partial charge in [0.05, 0.1) is 11.7 Å². The molecule has 0 radical (unpaired) electrons. The zero-order valence-electron chi connectivity index (χ0n) is 14.5. The number of esters is 1. The van der Waals surface area contributed by atoms with Crippen LogP contribution in [0, 0.1) is 13.8 Å². The Kier molecular flexibility index (Phi) is 5.72. The number of ether oxygens (including phenoxy) is 1. The minimum absolute atomic E-state index is 0.210. The van der Waals surface area contributed by atoms with Gasteiger partial charge in [-0.25, -0.2) is 4.79 Å². The smallest absolute Gasteiger partial charge is 0.340 e. The lowest BCUT2D eigenvalue weighted by molar-refractivity contribution is 0.0376. The predicted molar refractivity (Wildman–Crippen MR) is 97.0 cm³/mol. The van der Waals surface area contributed by atoms with Crippen molar-refractivity contribution >= 4 is 29.3 Å². The standard InChI is InChI=1S/C18H22N2O3S/c1-10(2)23-18(22)15-11(3)16(19-12(15)4)17(21)20-13-6-8-14(24-5)9-7-13/h6-10,19H,1-5H3,(H,20,21). The minimum Gasteiger partial charge on any atom is -0.459 e. The molecule has 6 heteroatoms. The van der Waals surface area contributed by atoms with Gasteiger partial charge in [0.15, 0.2) is 0 Å². The van der Waals surface area contributed by atoms with Crippen LogP contribution in [0.2, 0.25) is 0 Å². The molecule has 2 aromatic rings. The Morgan fingerprint density at radius 2 is 1.79 bits per heavy atom. The molecule has 0 aliphatic carbocycles. The monoisotopic (exact) mass is 346 g/mol. The summed E-state index contributed by atoms with van der Waals surface area (Å²) in [6.07, 6.45) is 1.79. The van der Waals surface area contributed by atoms with E-state index in [1.54, 1.807) is 39.5 Å². The quantitative estimate of drug-likeness (QED) is 0.629. The van der Waals surface area contributed by atoms with Crippen LogP contribution in [0.25, 0.3) is 0 Å². The van der Waals surface area contributed by atoms with Crippen LogP contribution >= 0.6 is 11.8 Å². The number of rotatable bonds is 5. The number of aryl methyl sites for hydroxylation is 1. The first-order valence-corrected chi connectivity index (χ1v) is 8.91. The highest BCUT2D eigenvalue weighted by atomic mass is 32.2. The van der Waals surface area contributed by atoms with Gasteiger partial charge in [-0.1, -0.05) is 0 Å². The Bertz CT molecular complexity index is 748. The molecule has 0 aliphatic heterocycles. The van der Waals surface area contributed by atoms with E-state index < -0.39 is 5.97 Å². The highest BCUT2D eigenvalue weighted by Gasteiger charge is 2.23. The van der Waals surface area contributed by atoms with E-state index in [1.165, 1.54) is 0 Å². The van der Waals surface area contributed by atoms with Crippen LogP contribution in [0.1, 0.15) is 46.0 Å². The molecule has 0 spiro atoms. The van der Waals surface area contributed by atoms with Crippen molar-refractivity contribution in [3.63, 3.8) is 0 Å². The molecule has 24 heavy (non-hydrogen) atoms. The Labute approximate surface area is 146 Å². The molecule has 1 heterocycles. The number of amides is 1. The Hall–Kier alpha value is -2.21. The second-order valence-electron chi connectivity index (χ2n) is 5.76. The normalized spacial score (nSPS) is 10.8. The molecule has 0 aliphatic rings. The van der Waals surface area contributed by atoms with E-state index in [2.05, 4.69) is 10.3 Å². The second-order valence-corrected chi connectivity index (χ2v) is 6.64. The largest absolute Gasteiger partial charge is 0.459 e. The first kappa shape index (κ1) is 18.1. The number of hydrogen-bond acceptors (Lipinski definition) is 4. The van der Waals surface area contributed by atoms with Gasteiger partial charge in [-0.15, -0.1) is 11.8 Å². The van der Waals surface area contributed by atoms with Crippen molar-refractivity contribution in [2.75, 3.05) is 11.6 Å². The van der Waals surface area contributed by atoms with Crippen LogP contribution in [-0.4, -0.2) is 29.2 Å². The highest BCUT2D eigenvalue weighted by molar-refractivity contribution is 7.98. The van der Waals surface area contributed by atoms with E-state index in [9.17, 15) is 9.59 Å². The maximum Gasteiger partial charge on any atom is 0.340 e. The molecule has 128 valence electrons. The fraction of sp³-hybridized carbons (Fsp3) is 0.333. The van der Waals surface area contributed by atoms with Gasteiger partial charge in [-0.3, -0.25) is 4.79 Å². The number of hydrogen-bond donors (Lipinski definition) is 2. The summed E-state index contributed by atoms with van der Waals surface area (Å²) in [5.74, 6) is -0.698. The van der Waals surface area contributed by atoms with Gasteiger partial charge in [0.25, 0.3) is 5.91 Å². The van der Waals surface area contributed by atoms with Gasteiger partial charge < -0.3 is 15.0 Å². The van der Waals surface area contributed by atoms with E-state index in [0.29, 0.717) is 28.2 Å². The third-order valence-electron chi connectivity index (χ3n) is 3.56. The first-order chi connectivity index (χ1) is 11.3. The number of anilines is 1. The van der Waals surface area contributed by atoms with Gasteiger partial charge >= 0.3 is 5.97 Å². The van der Waals surface area contributed by atoms with Gasteiger partial charge in [0, 0.05) is 16.3 Å². The van der Waals surface area contributed by atoms with Crippen molar-refractivity contribution in [2.24, 2.45) is 0 Å². The number of carbonyl (C=O) groups excluding carboxylic acids is 2. The first-order valence-electron chi connectivity index (χ1n) is 7.69. The van der Waals surface area contributed by atoms with Gasteiger partial charge in [-0.2, -0.15) is 0 Å². The van der Waals surface area contributed by atoms with Crippen molar-refractivity contribution in [2.45, 2.75) is 38.7 Å². The van der Waals surface area contributed by atoms with Crippen LogP contribution in [0.3, 0.4) is 0 Å². The average molecular weight is 346 g/mol. The number of nitrogens with one attached hydrogen (secondary N) is 2. The maximum atomic E-state index is 12.5. The van der Waals surface area contributed by atoms with Gasteiger partial charge in [-0.05, 0) is 63.8 Å². The van der Waals surface area contributed by atoms with Crippen LogP contribution in [0.4, 0.5) is 5.69 Å². The summed E-state index contributed by atoms with van der Waals surface area (Å²) < 4.78 is 5.24. The summed E-state index contributed by atoms with van der Waals surface area (Å²) in [7, 11) is 0. The van der Waals surface area contributed by atoms with Gasteiger partial charge in [0.2, 0.25) is 0 Å².